The second-order valence-electron chi connectivity index (χ2n) is 5.10. The molecule has 2 aliphatic rings. The highest BCUT2D eigenvalue weighted by Gasteiger charge is 2.49. The summed E-state index contributed by atoms with van der Waals surface area (Å²) >= 11 is 0. The van der Waals surface area contributed by atoms with Crippen molar-refractivity contribution in [2.75, 3.05) is 5.43 Å². The second kappa shape index (κ2) is 4.62. The van der Waals surface area contributed by atoms with E-state index in [2.05, 4.69) is 10.4 Å². The normalized spacial score (nSPS) is 25.8. The number of rotatable bonds is 3. The van der Waals surface area contributed by atoms with Gasteiger partial charge in [-0.2, -0.15) is 0 Å². The van der Waals surface area contributed by atoms with Crippen molar-refractivity contribution < 1.29 is 9.59 Å². The van der Waals surface area contributed by atoms with E-state index in [4.69, 9.17) is 5.84 Å². The summed E-state index contributed by atoms with van der Waals surface area (Å²) in [5, 5.41) is 0. The number of carbonyl (C=O) groups is 2. The van der Waals surface area contributed by atoms with Crippen molar-refractivity contribution >= 4 is 17.6 Å². The van der Waals surface area contributed by atoms with E-state index in [1.165, 1.54) is 4.90 Å². The smallest absolute Gasteiger partial charge is 0.233 e. The molecule has 1 aliphatic heterocycles. The van der Waals surface area contributed by atoms with E-state index in [0.717, 1.165) is 24.8 Å². The summed E-state index contributed by atoms with van der Waals surface area (Å²) in [6, 6.07) is 3.53. The van der Waals surface area contributed by atoms with Gasteiger partial charge in [-0.15, -0.1) is 0 Å². The lowest BCUT2D eigenvalue weighted by Gasteiger charge is -2.16. The van der Waals surface area contributed by atoms with Crippen LogP contribution in [0.4, 0.5) is 5.82 Å². The molecule has 1 aromatic heterocycles. The molecule has 0 spiro atoms. The van der Waals surface area contributed by atoms with Gasteiger partial charge in [0.05, 0.1) is 18.4 Å². The third-order valence-corrected chi connectivity index (χ3v) is 4.00. The number of hydrogen-bond donors (Lipinski definition) is 2. The van der Waals surface area contributed by atoms with Crippen molar-refractivity contribution in [2.24, 2.45) is 17.7 Å². The van der Waals surface area contributed by atoms with E-state index in [9.17, 15) is 9.59 Å². The van der Waals surface area contributed by atoms with E-state index in [0.29, 0.717) is 12.4 Å². The zero-order chi connectivity index (χ0) is 13.4. The molecule has 3 rings (SSSR count). The minimum Gasteiger partial charge on any atom is -0.308 e. The summed E-state index contributed by atoms with van der Waals surface area (Å²) in [5.41, 5.74) is 3.31. The van der Waals surface area contributed by atoms with Crippen LogP contribution in [0.15, 0.2) is 18.3 Å². The third kappa shape index (κ3) is 1.98. The molecule has 3 N–H and O–H groups in total. The quantitative estimate of drug-likeness (QED) is 0.473. The monoisotopic (exact) mass is 260 g/mol. The summed E-state index contributed by atoms with van der Waals surface area (Å²) < 4.78 is 0. The molecule has 1 saturated carbocycles. The minimum atomic E-state index is -0.0820. The summed E-state index contributed by atoms with van der Waals surface area (Å²) in [4.78, 5) is 29.8. The zero-order valence-electron chi connectivity index (χ0n) is 10.5. The van der Waals surface area contributed by atoms with Gasteiger partial charge in [0.2, 0.25) is 11.8 Å². The Morgan fingerprint density at radius 1 is 1.32 bits per heavy atom. The number of imide groups is 1. The average molecular weight is 260 g/mol. The summed E-state index contributed by atoms with van der Waals surface area (Å²) in [5.74, 6) is 5.61. The number of pyridine rings is 1. The number of nitrogen functional groups attached to an aromatic ring is 1. The molecule has 0 bridgehead atoms. The number of hydrazine groups is 1. The van der Waals surface area contributed by atoms with Crippen molar-refractivity contribution in [3.8, 4) is 0 Å². The fourth-order valence-electron chi connectivity index (χ4n) is 3.05. The van der Waals surface area contributed by atoms with Gasteiger partial charge < -0.3 is 5.43 Å². The number of amides is 2. The van der Waals surface area contributed by atoms with Gasteiger partial charge in [-0.3, -0.25) is 14.5 Å². The molecule has 1 saturated heterocycles. The van der Waals surface area contributed by atoms with Gasteiger partial charge in [0.15, 0.2) is 0 Å². The lowest BCUT2D eigenvalue weighted by atomic mass is 10.00. The first-order valence-electron chi connectivity index (χ1n) is 6.47. The first kappa shape index (κ1) is 12.1. The predicted octanol–water partition coefficient (Wildman–Crippen LogP) is 0.652. The number of nitrogens with zero attached hydrogens (tertiary/aromatic N) is 2. The summed E-state index contributed by atoms with van der Waals surface area (Å²) in [6.07, 6.45) is 4.28. The fourth-order valence-corrected chi connectivity index (χ4v) is 3.05. The van der Waals surface area contributed by atoms with E-state index in [-0.39, 0.29) is 23.7 Å². The maximum absolute atomic E-state index is 12.2. The van der Waals surface area contributed by atoms with Crippen molar-refractivity contribution in [1.29, 1.82) is 0 Å². The highest BCUT2D eigenvalue weighted by molar-refractivity contribution is 6.05. The van der Waals surface area contributed by atoms with Crippen molar-refractivity contribution in [1.82, 2.24) is 9.88 Å². The zero-order valence-corrected chi connectivity index (χ0v) is 10.5. The number of anilines is 1. The Morgan fingerprint density at radius 2 is 2.00 bits per heavy atom. The van der Waals surface area contributed by atoms with Crippen molar-refractivity contribution in [2.45, 2.75) is 25.8 Å². The third-order valence-electron chi connectivity index (χ3n) is 4.00. The number of carbonyl (C=O) groups excluding carboxylic acids is 2. The number of fused-ring (bicyclic) bond motifs is 1. The molecular formula is C13H16N4O2. The molecule has 2 atom stereocenters. The van der Waals surface area contributed by atoms with Gasteiger partial charge in [-0.05, 0) is 30.5 Å². The Hall–Kier alpha value is -1.95. The highest BCUT2D eigenvalue weighted by atomic mass is 16.2. The van der Waals surface area contributed by atoms with Crippen LogP contribution in [0.25, 0.3) is 0 Å². The van der Waals surface area contributed by atoms with Crippen LogP contribution in [0.5, 0.6) is 0 Å². The predicted molar refractivity (Wildman–Crippen MR) is 68.4 cm³/mol. The number of hydrogen-bond acceptors (Lipinski definition) is 5. The Bertz CT molecular complexity index is 509. The van der Waals surface area contributed by atoms with Crippen molar-refractivity contribution in [3.05, 3.63) is 23.9 Å². The number of likely N-dealkylation sites (tertiary alicyclic amines) is 1. The van der Waals surface area contributed by atoms with Gasteiger partial charge in [0.1, 0.15) is 5.82 Å². The Balaban J connectivity index is 1.79. The lowest BCUT2D eigenvalue weighted by molar-refractivity contribution is -0.141. The maximum Gasteiger partial charge on any atom is 0.233 e. The molecule has 0 radical (unpaired) electrons. The number of nitrogens with two attached hydrogens (primary N) is 1. The van der Waals surface area contributed by atoms with E-state index >= 15 is 0 Å². The topological polar surface area (TPSA) is 88.3 Å². The number of aromatic nitrogens is 1. The average Bonchev–Trinajstić information content (AvgIpc) is 2.99. The van der Waals surface area contributed by atoms with Crippen LogP contribution in [-0.2, 0) is 16.1 Å². The van der Waals surface area contributed by atoms with Gasteiger partial charge in [-0.25, -0.2) is 10.8 Å². The molecule has 1 aromatic rings. The standard InChI is InChI=1S/C13H16N4O2/c14-16-11-6-8(4-5-15-11)7-17-12(18)9-2-1-3-10(9)13(17)19/h4-6,9-10H,1-3,7,14H2,(H,15,16). The largest absolute Gasteiger partial charge is 0.308 e. The Kier molecular flexibility index (Phi) is 2.94. The van der Waals surface area contributed by atoms with Crippen LogP contribution in [0.3, 0.4) is 0 Å². The first-order valence-corrected chi connectivity index (χ1v) is 6.47. The summed E-state index contributed by atoms with van der Waals surface area (Å²) in [6.45, 7) is 0.307. The maximum atomic E-state index is 12.2. The van der Waals surface area contributed by atoms with Gasteiger partial charge >= 0.3 is 0 Å². The molecule has 2 heterocycles. The van der Waals surface area contributed by atoms with Crippen molar-refractivity contribution in [3.63, 3.8) is 0 Å². The van der Waals surface area contributed by atoms with Gasteiger partial charge in [0.25, 0.3) is 0 Å². The lowest BCUT2D eigenvalue weighted by Crippen LogP contribution is -2.31. The van der Waals surface area contributed by atoms with Crippen LogP contribution in [0.1, 0.15) is 24.8 Å². The van der Waals surface area contributed by atoms with E-state index in [1.54, 1.807) is 18.3 Å². The van der Waals surface area contributed by atoms with Crippen LogP contribution in [-0.4, -0.2) is 21.7 Å². The fraction of sp³-hybridized carbons (Fsp3) is 0.462. The SMILES string of the molecule is NNc1cc(CN2C(=O)C3CCCC3C2=O)ccn1. The van der Waals surface area contributed by atoms with Crippen LogP contribution in [0, 0.1) is 11.8 Å². The molecule has 0 aromatic carbocycles. The molecule has 2 amide bonds. The molecular weight excluding hydrogens is 244 g/mol. The second-order valence-corrected chi connectivity index (χ2v) is 5.10. The molecule has 2 unspecified atom stereocenters. The first-order chi connectivity index (χ1) is 9.20. The van der Waals surface area contributed by atoms with Crippen LogP contribution in [0.2, 0.25) is 0 Å². The minimum absolute atomic E-state index is 0.0217. The van der Waals surface area contributed by atoms with Gasteiger partial charge in [-0.1, -0.05) is 6.42 Å². The molecule has 6 nitrogen and oxygen atoms in total. The van der Waals surface area contributed by atoms with E-state index < -0.39 is 0 Å². The Labute approximate surface area is 111 Å². The molecule has 100 valence electrons. The van der Waals surface area contributed by atoms with E-state index in [1.807, 2.05) is 0 Å². The van der Waals surface area contributed by atoms with Crippen LogP contribution >= 0.6 is 0 Å². The number of nitrogens with one attached hydrogen (secondary N) is 1. The molecule has 1 aliphatic carbocycles. The highest BCUT2D eigenvalue weighted by Crippen LogP contribution is 2.40. The molecule has 6 heteroatoms. The van der Waals surface area contributed by atoms with Crippen LogP contribution < -0.4 is 11.3 Å². The Morgan fingerprint density at radius 3 is 2.63 bits per heavy atom. The summed E-state index contributed by atoms with van der Waals surface area (Å²) in [7, 11) is 0. The molecule has 19 heavy (non-hydrogen) atoms. The van der Waals surface area contributed by atoms with Gasteiger partial charge in [0, 0.05) is 6.20 Å². The molecule has 2 fully saturated rings.